The summed E-state index contributed by atoms with van der Waals surface area (Å²) < 4.78 is 39.4. The molecule has 2 amide bonds. The molecular formula is C37H42FN7O6S. The van der Waals surface area contributed by atoms with Crippen LogP contribution in [0, 0.1) is 24.1 Å². The molecule has 52 heavy (non-hydrogen) atoms. The van der Waals surface area contributed by atoms with Gasteiger partial charge in [-0.2, -0.15) is 15.2 Å². The number of amides is 2. The number of rotatable bonds is 7. The second kappa shape index (κ2) is 14.1. The van der Waals surface area contributed by atoms with Crippen LogP contribution in [0.3, 0.4) is 0 Å². The topological polar surface area (TPSA) is 151 Å². The van der Waals surface area contributed by atoms with Crippen molar-refractivity contribution in [2.75, 3.05) is 57.6 Å². The van der Waals surface area contributed by atoms with E-state index < -0.39 is 23.6 Å². The van der Waals surface area contributed by atoms with Crippen LogP contribution in [-0.2, 0) is 32.2 Å². The van der Waals surface area contributed by atoms with E-state index in [1.54, 1.807) is 38.8 Å². The van der Waals surface area contributed by atoms with Crippen LogP contribution in [0.4, 0.5) is 20.0 Å². The molecule has 2 atom stereocenters. The first-order valence-corrected chi connectivity index (χ1v) is 18.2. The number of carbonyl (C=O) groups excluding carboxylic acids is 2. The van der Waals surface area contributed by atoms with Crippen LogP contribution in [0.15, 0.2) is 12.1 Å². The maximum absolute atomic E-state index is 15.5. The number of carbonyl (C=O) groups is 2. The van der Waals surface area contributed by atoms with Crippen molar-refractivity contribution in [2.45, 2.75) is 71.5 Å². The highest BCUT2D eigenvalue weighted by molar-refractivity contribution is 7.23. The Kier molecular flexibility index (Phi) is 9.68. The summed E-state index contributed by atoms with van der Waals surface area (Å²) in [5.41, 5.74) is 3.68. The lowest BCUT2D eigenvalue weighted by molar-refractivity contribution is -0.132. The maximum Gasteiger partial charge on any atom is 0.412 e. The number of likely N-dealkylation sites (tertiary alicyclic amines) is 1. The van der Waals surface area contributed by atoms with E-state index in [1.807, 2.05) is 14.0 Å². The molecule has 0 saturated carbocycles. The van der Waals surface area contributed by atoms with Crippen molar-refractivity contribution < 1.29 is 32.9 Å². The molecule has 0 spiro atoms. The zero-order valence-corrected chi connectivity index (χ0v) is 31.0. The number of benzene rings is 2. The van der Waals surface area contributed by atoms with Crippen molar-refractivity contribution in [3.05, 3.63) is 40.2 Å². The van der Waals surface area contributed by atoms with E-state index >= 15 is 4.39 Å². The zero-order chi connectivity index (χ0) is 36.9. The fourth-order valence-electron chi connectivity index (χ4n) is 7.19. The number of nitriles is 1. The summed E-state index contributed by atoms with van der Waals surface area (Å²) in [6.07, 6.45) is 0.569. The number of hydrogen-bond acceptors (Lipinski definition) is 12. The zero-order valence-electron chi connectivity index (χ0n) is 30.1. The number of morpholine rings is 1. The Hall–Kier alpha value is -4.62. The monoisotopic (exact) mass is 731 g/mol. The Balaban J connectivity index is 1.40. The summed E-state index contributed by atoms with van der Waals surface area (Å²) in [7, 11) is 3.83. The number of anilines is 2. The van der Waals surface area contributed by atoms with E-state index in [4.69, 9.17) is 28.9 Å². The molecule has 0 aliphatic carbocycles. The standard InChI is InChI=1S/C37H42FN7O6S/c1-19-27(21-9-10-25(38)31-28(21)22(14-39)33(52-31)43-36(47)51-37(2,3)4)23-17-48-18-24(23)29-30(19)41-35(50-16-20-15-44(5)12-13-49-20)42-32(29)40-26-8-7-11-45(6)34(26)46/h9-10,20,26H,7-8,11-13,15-18H2,1-6H3,(H,43,47)(H,40,41,42). The number of thiophene rings is 1. The minimum absolute atomic E-state index is 0.0219. The average Bonchev–Trinajstić information content (AvgIpc) is 3.71. The van der Waals surface area contributed by atoms with Crippen molar-refractivity contribution in [3.63, 3.8) is 0 Å². The SMILES string of the molecule is Cc1c(-c2ccc(F)c3sc(NC(=O)OC(C)(C)C)c(C#N)c23)c2c(c3c(NC4CCCN(C)C4=O)nc(OCC4CN(C)CCO4)nc13)COC2. The second-order valence-corrected chi connectivity index (χ2v) is 15.6. The molecule has 2 saturated heterocycles. The lowest BCUT2D eigenvalue weighted by atomic mass is 9.87. The molecule has 2 aromatic heterocycles. The van der Waals surface area contributed by atoms with Gasteiger partial charge in [0, 0.05) is 37.5 Å². The molecule has 2 aromatic carbocycles. The van der Waals surface area contributed by atoms with Gasteiger partial charge in [0.15, 0.2) is 0 Å². The Morgan fingerprint density at radius 1 is 1.17 bits per heavy atom. The minimum Gasteiger partial charge on any atom is -0.461 e. The minimum atomic E-state index is -0.773. The van der Waals surface area contributed by atoms with Gasteiger partial charge in [-0.15, -0.1) is 11.3 Å². The fraction of sp³-hybridized carbons (Fsp3) is 0.486. The van der Waals surface area contributed by atoms with Gasteiger partial charge >= 0.3 is 12.1 Å². The van der Waals surface area contributed by atoms with Crippen LogP contribution >= 0.6 is 11.3 Å². The maximum atomic E-state index is 15.5. The number of halogens is 1. The highest BCUT2D eigenvalue weighted by Crippen LogP contribution is 2.48. The lowest BCUT2D eigenvalue weighted by Crippen LogP contribution is -2.45. The van der Waals surface area contributed by atoms with E-state index in [2.05, 4.69) is 21.6 Å². The third-order valence-electron chi connectivity index (χ3n) is 9.58. The number of aromatic nitrogens is 2. The highest BCUT2D eigenvalue weighted by Gasteiger charge is 2.33. The Bertz CT molecular complexity index is 2130. The molecule has 7 rings (SSSR count). The Morgan fingerprint density at radius 2 is 1.96 bits per heavy atom. The molecular weight excluding hydrogens is 690 g/mol. The molecule has 4 aromatic rings. The van der Waals surface area contributed by atoms with E-state index in [0.717, 1.165) is 46.6 Å². The number of nitrogens with one attached hydrogen (secondary N) is 2. The molecule has 13 nitrogen and oxygen atoms in total. The van der Waals surface area contributed by atoms with Crippen LogP contribution in [0.1, 0.15) is 55.9 Å². The molecule has 2 fully saturated rings. The summed E-state index contributed by atoms with van der Waals surface area (Å²) in [4.78, 5) is 39.7. The third kappa shape index (κ3) is 6.83. The smallest absolute Gasteiger partial charge is 0.412 e. The van der Waals surface area contributed by atoms with E-state index in [9.17, 15) is 14.9 Å². The van der Waals surface area contributed by atoms with E-state index in [1.165, 1.54) is 6.07 Å². The predicted molar refractivity (Wildman–Crippen MR) is 195 cm³/mol. The quantitative estimate of drug-likeness (QED) is 0.232. The summed E-state index contributed by atoms with van der Waals surface area (Å²) >= 11 is 0.978. The van der Waals surface area contributed by atoms with E-state index in [-0.39, 0.29) is 53.1 Å². The van der Waals surface area contributed by atoms with Gasteiger partial charge in [0.05, 0.1) is 35.6 Å². The highest BCUT2D eigenvalue weighted by atomic mass is 32.1. The second-order valence-electron chi connectivity index (χ2n) is 14.5. The molecule has 0 radical (unpaired) electrons. The largest absolute Gasteiger partial charge is 0.461 e. The lowest BCUT2D eigenvalue weighted by Gasteiger charge is -2.31. The summed E-state index contributed by atoms with van der Waals surface area (Å²) in [6, 6.07) is 4.86. The summed E-state index contributed by atoms with van der Waals surface area (Å²) in [5, 5.41) is 17.8. The first kappa shape index (κ1) is 35.8. The summed E-state index contributed by atoms with van der Waals surface area (Å²) in [5.74, 6) is -0.0783. The van der Waals surface area contributed by atoms with Crippen molar-refractivity contribution >= 4 is 55.1 Å². The Labute approximate surface area is 305 Å². The molecule has 274 valence electrons. The van der Waals surface area contributed by atoms with Gasteiger partial charge in [0.25, 0.3) is 0 Å². The van der Waals surface area contributed by atoms with Crippen molar-refractivity contribution in [1.29, 1.82) is 5.26 Å². The number of aryl methyl sites for hydroxylation is 1. The fourth-order valence-corrected chi connectivity index (χ4v) is 8.26. The number of likely N-dealkylation sites (N-methyl/N-ethyl adjacent to an activating group) is 2. The Morgan fingerprint density at radius 3 is 2.71 bits per heavy atom. The van der Waals surface area contributed by atoms with Crippen LogP contribution in [0.5, 0.6) is 6.01 Å². The molecule has 0 bridgehead atoms. The number of hydrogen-bond donors (Lipinski definition) is 2. The molecule has 2 N–H and O–H groups in total. The van der Waals surface area contributed by atoms with Gasteiger partial charge in [0.1, 0.15) is 47.1 Å². The van der Waals surface area contributed by atoms with Gasteiger partial charge in [0.2, 0.25) is 5.91 Å². The van der Waals surface area contributed by atoms with Gasteiger partial charge < -0.3 is 34.1 Å². The number of nitrogens with zero attached hydrogens (tertiary/aromatic N) is 5. The third-order valence-corrected chi connectivity index (χ3v) is 10.7. The number of piperidine rings is 1. The first-order valence-electron chi connectivity index (χ1n) is 17.4. The molecule has 3 aliphatic rings. The van der Waals surface area contributed by atoms with Gasteiger partial charge in [-0.05, 0) is 81.5 Å². The van der Waals surface area contributed by atoms with Crippen LogP contribution in [0.2, 0.25) is 0 Å². The van der Waals surface area contributed by atoms with Crippen LogP contribution in [-0.4, -0.2) is 96.5 Å². The van der Waals surface area contributed by atoms with E-state index in [0.29, 0.717) is 53.8 Å². The van der Waals surface area contributed by atoms with Crippen molar-refractivity contribution in [3.8, 4) is 23.2 Å². The molecule has 3 aliphatic heterocycles. The first-order chi connectivity index (χ1) is 24.8. The van der Waals surface area contributed by atoms with Crippen molar-refractivity contribution in [2.24, 2.45) is 0 Å². The number of ether oxygens (including phenoxy) is 4. The average molecular weight is 732 g/mol. The molecule has 5 heterocycles. The molecule has 2 unspecified atom stereocenters. The van der Waals surface area contributed by atoms with Crippen LogP contribution in [0.25, 0.3) is 32.1 Å². The molecule has 15 heteroatoms. The van der Waals surface area contributed by atoms with Gasteiger partial charge in [-0.3, -0.25) is 10.1 Å². The van der Waals surface area contributed by atoms with Gasteiger partial charge in [-0.25, -0.2) is 9.18 Å². The van der Waals surface area contributed by atoms with Gasteiger partial charge in [-0.1, -0.05) is 6.07 Å². The summed E-state index contributed by atoms with van der Waals surface area (Å²) in [6.45, 7) is 10.7. The van der Waals surface area contributed by atoms with Crippen LogP contribution < -0.4 is 15.4 Å². The van der Waals surface area contributed by atoms with Crippen molar-refractivity contribution in [1.82, 2.24) is 19.8 Å². The normalized spacial score (nSPS) is 19.5. The predicted octanol–water partition coefficient (Wildman–Crippen LogP) is 5.95. The number of fused-ring (bicyclic) bond motifs is 4.